The lowest BCUT2D eigenvalue weighted by atomic mass is 9.72. The van der Waals surface area contributed by atoms with E-state index < -0.39 is 12.3 Å². The van der Waals surface area contributed by atoms with Gasteiger partial charge < -0.3 is 20.4 Å². The van der Waals surface area contributed by atoms with Crippen molar-refractivity contribution in [2.45, 2.75) is 52.6 Å². The summed E-state index contributed by atoms with van der Waals surface area (Å²) >= 11 is 0. The number of carboxylic acid groups (broad SMARTS) is 4. The SMILES string of the molecule is CC(C)(C)C1CCC(OO)CC1.O=C(O)O.O=C(O)O. The van der Waals surface area contributed by atoms with Gasteiger partial charge in [-0.2, -0.15) is 0 Å². The fourth-order valence-corrected chi connectivity index (χ4v) is 2.03. The lowest BCUT2D eigenvalue weighted by molar-refractivity contribution is -0.286. The number of hydrogen-bond acceptors (Lipinski definition) is 4. The summed E-state index contributed by atoms with van der Waals surface area (Å²) in [6, 6.07) is 0. The first-order valence-electron chi connectivity index (χ1n) is 6.14. The second kappa shape index (κ2) is 10.3. The Morgan fingerprint density at radius 3 is 1.40 bits per heavy atom. The maximum atomic E-state index is 8.56. The summed E-state index contributed by atoms with van der Waals surface area (Å²) in [7, 11) is 0. The van der Waals surface area contributed by atoms with Gasteiger partial charge in [0.05, 0.1) is 6.10 Å². The third kappa shape index (κ3) is 14.5. The maximum Gasteiger partial charge on any atom is 0.503 e. The van der Waals surface area contributed by atoms with Gasteiger partial charge >= 0.3 is 12.3 Å². The summed E-state index contributed by atoms with van der Waals surface area (Å²) in [4.78, 5) is 21.5. The Bertz CT molecular complexity index is 256. The Morgan fingerprint density at radius 1 is 0.900 bits per heavy atom. The molecule has 0 aromatic heterocycles. The molecule has 0 aromatic rings. The van der Waals surface area contributed by atoms with Crippen LogP contribution in [-0.4, -0.2) is 44.1 Å². The molecule has 0 atom stereocenters. The molecular formula is C12H24O8. The Hall–Kier alpha value is -1.54. The molecule has 120 valence electrons. The average molecular weight is 296 g/mol. The van der Waals surface area contributed by atoms with E-state index in [0.717, 1.165) is 18.8 Å². The predicted octanol–water partition coefficient (Wildman–Crippen LogP) is 3.53. The topological polar surface area (TPSA) is 145 Å². The van der Waals surface area contributed by atoms with Gasteiger partial charge in [0.25, 0.3) is 0 Å². The third-order valence-corrected chi connectivity index (χ3v) is 3.05. The van der Waals surface area contributed by atoms with E-state index in [1.54, 1.807) is 0 Å². The summed E-state index contributed by atoms with van der Waals surface area (Å²) in [5.74, 6) is 0.795. The molecule has 0 aromatic carbocycles. The zero-order valence-electron chi connectivity index (χ0n) is 11.9. The van der Waals surface area contributed by atoms with E-state index >= 15 is 0 Å². The van der Waals surface area contributed by atoms with Crippen LogP contribution in [-0.2, 0) is 4.89 Å². The minimum Gasteiger partial charge on any atom is -0.450 e. The summed E-state index contributed by atoms with van der Waals surface area (Å²) in [6.07, 6.45) is 0.837. The van der Waals surface area contributed by atoms with Crippen LogP contribution in [0.15, 0.2) is 0 Å². The first-order valence-corrected chi connectivity index (χ1v) is 6.14. The van der Waals surface area contributed by atoms with Gasteiger partial charge in [-0.15, -0.1) is 0 Å². The molecule has 1 aliphatic rings. The highest BCUT2D eigenvalue weighted by Crippen LogP contribution is 2.38. The van der Waals surface area contributed by atoms with Crippen LogP contribution >= 0.6 is 0 Å². The largest absolute Gasteiger partial charge is 0.503 e. The van der Waals surface area contributed by atoms with Gasteiger partial charge in [0.1, 0.15) is 0 Å². The molecular weight excluding hydrogens is 272 g/mol. The van der Waals surface area contributed by atoms with Crippen molar-refractivity contribution in [3.63, 3.8) is 0 Å². The van der Waals surface area contributed by atoms with Gasteiger partial charge in [-0.05, 0) is 37.0 Å². The first kappa shape index (κ1) is 20.8. The molecule has 0 unspecified atom stereocenters. The van der Waals surface area contributed by atoms with Gasteiger partial charge in [-0.1, -0.05) is 20.8 Å². The van der Waals surface area contributed by atoms with Crippen molar-refractivity contribution >= 4 is 12.3 Å². The lowest BCUT2D eigenvalue weighted by Crippen LogP contribution is -2.28. The standard InChI is InChI=1S/C10H20O2.2CH2O3/c1-10(2,3)8-4-6-9(12-11)7-5-8;2*2-1(3)4/h8-9,11H,4-7H2,1-3H3;2*(H2,2,3,4). The highest BCUT2D eigenvalue weighted by Gasteiger charge is 2.29. The first-order chi connectivity index (χ1) is 9.00. The molecule has 0 radical (unpaired) electrons. The molecule has 0 bridgehead atoms. The molecule has 0 amide bonds. The van der Waals surface area contributed by atoms with E-state index in [1.165, 1.54) is 12.8 Å². The predicted molar refractivity (Wildman–Crippen MR) is 70.2 cm³/mol. The molecule has 20 heavy (non-hydrogen) atoms. The highest BCUT2D eigenvalue weighted by molar-refractivity contribution is 5.53. The van der Waals surface area contributed by atoms with Crippen LogP contribution < -0.4 is 0 Å². The van der Waals surface area contributed by atoms with E-state index in [9.17, 15) is 0 Å². The Kier molecular flexibility index (Phi) is 10.7. The zero-order valence-corrected chi connectivity index (χ0v) is 11.9. The van der Waals surface area contributed by atoms with Crippen molar-refractivity contribution in [2.24, 2.45) is 11.3 Å². The molecule has 1 fully saturated rings. The van der Waals surface area contributed by atoms with Crippen molar-refractivity contribution in [1.29, 1.82) is 0 Å². The second-order valence-corrected chi connectivity index (χ2v) is 5.51. The average Bonchev–Trinajstić information content (AvgIpc) is 2.26. The minimum absolute atomic E-state index is 0.101. The minimum atomic E-state index is -1.83. The summed E-state index contributed by atoms with van der Waals surface area (Å²) in [5, 5.41) is 36.4. The molecule has 0 aliphatic heterocycles. The molecule has 0 spiro atoms. The highest BCUT2D eigenvalue weighted by atomic mass is 17.1. The smallest absolute Gasteiger partial charge is 0.450 e. The van der Waals surface area contributed by atoms with Gasteiger partial charge in [-0.3, -0.25) is 5.26 Å². The van der Waals surface area contributed by atoms with E-state index in [-0.39, 0.29) is 6.10 Å². The number of rotatable bonds is 1. The van der Waals surface area contributed by atoms with Crippen molar-refractivity contribution in [3.8, 4) is 0 Å². The molecule has 1 rings (SSSR count). The number of carbonyl (C=O) groups is 2. The summed E-state index contributed by atoms with van der Waals surface area (Å²) in [5.41, 5.74) is 0.417. The zero-order chi connectivity index (χ0) is 16.3. The third-order valence-electron chi connectivity index (χ3n) is 3.05. The second-order valence-electron chi connectivity index (χ2n) is 5.51. The van der Waals surface area contributed by atoms with E-state index in [1.807, 2.05) is 0 Å². The molecule has 8 heteroatoms. The van der Waals surface area contributed by atoms with E-state index in [0.29, 0.717) is 5.41 Å². The molecule has 5 N–H and O–H groups in total. The monoisotopic (exact) mass is 296 g/mol. The summed E-state index contributed by atoms with van der Waals surface area (Å²) < 4.78 is 0. The van der Waals surface area contributed by atoms with Crippen LogP contribution in [0.25, 0.3) is 0 Å². The Balaban J connectivity index is 0. The van der Waals surface area contributed by atoms with Crippen LogP contribution in [0.1, 0.15) is 46.5 Å². The van der Waals surface area contributed by atoms with Crippen LogP contribution in [0.3, 0.4) is 0 Å². The van der Waals surface area contributed by atoms with Crippen molar-refractivity contribution in [2.75, 3.05) is 0 Å². The van der Waals surface area contributed by atoms with Gasteiger partial charge in [-0.25, -0.2) is 14.5 Å². The maximum absolute atomic E-state index is 8.56. The van der Waals surface area contributed by atoms with Gasteiger partial charge in [0.2, 0.25) is 0 Å². The Labute approximate surface area is 117 Å². The fraction of sp³-hybridized carbons (Fsp3) is 0.833. The van der Waals surface area contributed by atoms with Crippen LogP contribution in [0.5, 0.6) is 0 Å². The van der Waals surface area contributed by atoms with Crippen molar-refractivity contribution in [3.05, 3.63) is 0 Å². The van der Waals surface area contributed by atoms with E-state index in [2.05, 4.69) is 25.7 Å². The fourth-order valence-electron chi connectivity index (χ4n) is 2.03. The molecule has 1 saturated carbocycles. The van der Waals surface area contributed by atoms with Gasteiger partial charge in [0.15, 0.2) is 0 Å². The molecule has 1 aliphatic carbocycles. The van der Waals surface area contributed by atoms with Crippen LogP contribution in [0.2, 0.25) is 0 Å². The summed E-state index contributed by atoms with van der Waals surface area (Å²) in [6.45, 7) is 6.87. The van der Waals surface area contributed by atoms with E-state index in [4.69, 9.17) is 35.3 Å². The quantitative estimate of drug-likeness (QED) is 0.365. The number of hydrogen-bond donors (Lipinski definition) is 5. The molecule has 8 nitrogen and oxygen atoms in total. The van der Waals surface area contributed by atoms with Crippen molar-refractivity contribution < 1.29 is 40.2 Å². The van der Waals surface area contributed by atoms with Gasteiger partial charge in [0, 0.05) is 0 Å². The Morgan fingerprint density at radius 2 is 1.20 bits per heavy atom. The van der Waals surface area contributed by atoms with Crippen LogP contribution in [0, 0.1) is 11.3 Å². The molecule has 0 heterocycles. The lowest BCUT2D eigenvalue weighted by Gasteiger charge is -2.35. The van der Waals surface area contributed by atoms with Crippen molar-refractivity contribution in [1.82, 2.24) is 0 Å². The normalized spacial score (nSPS) is 21.6. The van der Waals surface area contributed by atoms with Crippen LogP contribution in [0.4, 0.5) is 9.59 Å². The molecule has 0 saturated heterocycles.